The number of nitrogens with zero attached hydrogens (tertiary/aromatic N) is 3. The number of amides is 1. The van der Waals surface area contributed by atoms with Gasteiger partial charge in [-0.1, -0.05) is 108 Å². The number of aliphatic imine (C=N–C) groups is 1. The van der Waals surface area contributed by atoms with E-state index in [2.05, 4.69) is 29.3 Å². The van der Waals surface area contributed by atoms with E-state index in [1.165, 1.54) is 70.6 Å². The number of halogens is 1. The minimum atomic E-state index is -0.194. The van der Waals surface area contributed by atoms with Crippen LogP contribution in [0.1, 0.15) is 96.0 Å². The Morgan fingerprint density at radius 1 is 0.825 bits per heavy atom. The van der Waals surface area contributed by atoms with E-state index in [1.807, 2.05) is 35.2 Å². The smallest absolute Gasteiger partial charge is 0.409 e. The van der Waals surface area contributed by atoms with Gasteiger partial charge in [0.25, 0.3) is 0 Å². The molecule has 1 saturated heterocycles. The molecule has 218 valence electrons. The van der Waals surface area contributed by atoms with Gasteiger partial charge in [-0.3, -0.25) is 0 Å². The molecule has 1 amide bonds. The molecule has 4 rings (SSSR count). The van der Waals surface area contributed by atoms with E-state index in [4.69, 9.17) is 21.3 Å². The zero-order valence-electron chi connectivity index (χ0n) is 24.3. The molecular weight excluding hydrogens is 520 g/mol. The van der Waals surface area contributed by atoms with Gasteiger partial charge >= 0.3 is 6.09 Å². The van der Waals surface area contributed by atoms with Gasteiger partial charge in [-0.25, -0.2) is 9.79 Å². The van der Waals surface area contributed by atoms with Crippen LogP contribution in [0.15, 0.2) is 47.5 Å². The van der Waals surface area contributed by atoms with Crippen LogP contribution in [0.2, 0.25) is 5.02 Å². The number of carbonyl (C=O) groups is 1. The largest absolute Gasteiger partial charge is 0.449 e. The van der Waals surface area contributed by atoms with E-state index in [9.17, 15) is 4.79 Å². The van der Waals surface area contributed by atoms with E-state index in [-0.39, 0.29) is 6.09 Å². The van der Waals surface area contributed by atoms with Crippen molar-refractivity contribution < 1.29 is 9.53 Å². The van der Waals surface area contributed by atoms with Crippen LogP contribution >= 0.6 is 11.6 Å². The van der Waals surface area contributed by atoms with Crippen LogP contribution in [0.25, 0.3) is 0 Å². The van der Waals surface area contributed by atoms with E-state index in [1.54, 1.807) is 0 Å². The van der Waals surface area contributed by atoms with Gasteiger partial charge in [0.05, 0.1) is 18.0 Å². The molecule has 6 nitrogen and oxygen atoms in total. The summed E-state index contributed by atoms with van der Waals surface area (Å²) in [4.78, 5) is 21.8. The van der Waals surface area contributed by atoms with Crippen molar-refractivity contribution in [1.29, 1.82) is 0 Å². The van der Waals surface area contributed by atoms with Gasteiger partial charge in [-0.2, -0.15) is 0 Å². The van der Waals surface area contributed by atoms with Crippen molar-refractivity contribution in [3.05, 3.63) is 53.1 Å². The standard InChI is InChI=1S/C33H47ClN4O2/c1-2-3-4-5-6-7-8-9-10-11-12-13-16-25-40-33(39)38-23-21-37(22-24-38)32-28-17-14-15-18-29(28)35-30-20-19-27(34)26-31(30)36-32/h14-15,17-20,26,35H,2-13,16,21-25H2,1H3. The monoisotopic (exact) mass is 566 g/mol. The predicted molar refractivity (Wildman–Crippen MR) is 168 cm³/mol. The molecule has 0 aromatic heterocycles. The third-order valence-electron chi connectivity index (χ3n) is 7.93. The van der Waals surface area contributed by atoms with Crippen molar-refractivity contribution in [2.24, 2.45) is 4.99 Å². The number of hydrogen-bond donors (Lipinski definition) is 1. The normalized spacial score (nSPS) is 14.6. The minimum Gasteiger partial charge on any atom is -0.449 e. The number of hydrogen-bond acceptors (Lipinski definition) is 5. The number of fused-ring (bicyclic) bond motifs is 2. The Labute approximate surface area is 246 Å². The molecule has 0 aliphatic carbocycles. The number of ether oxygens (including phenoxy) is 1. The maximum atomic E-state index is 12.7. The second-order valence-electron chi connectivity index (χ2n) is 11.1. The van der Waals surface area contributed by atoms with Crippen molar-refractivity contribution in [3.8, 4) is 0 Å². The molecule has 2 aliphatic heterocycles. The van der Waals surface area contributed by atoms with Gasteiger partial charge in [0, 0.05) is 42.5 Å². The molecule has 40 heavy (non-hydrogen) atoms. The topological polar surface area (TPSA) is 57.2 Å². The lowest BCUT2D eigenvalue weighted by molar-refractivity contribution is 0.0865. The number of carbonyl (C=O) groups excluding carboxylic acids is 1. The summed E-state index contributed by atoms with van der Waals surface area (Å²) in [6.45, 7) is 5.44. The molecule has 2 aromatic carbocycles. The summed E-state index contributed by atoms with van der Waals surface area (Å²) in [5.74, 6) is 0.907. The first-order chi connectivity index (χ1) is 19.7. The number of para-hydroxylation sites is 1. The maximum absolute atomic E-state index is 12.7. The van der Waals surface area contributed by atoms with E-state index in [0.29, 0.717) is 37.8 Å². The molecule has 1 fully saturated rings. The SMILES string of the molecule is CCCCCCCCCCCCCCCOC(=O)N1CCN(C2=Nc3cc(Cl)ccc3Nc3ccccc32)CC1. The predicted octanol–water partition coefficient (Wildman–Crippen LogP) is 9.32. The van der Waals surface area contributed by atoms with E-state index < -0.39 is 0 Å². The lowest BCUT2D eigenvalue weighted by atomic mass is 10.0. The van der Waals surface area contributed by atoms with Crippen molar-refractivity contribution in [1.82, 2.24) is 9.80 Å². The molecular formula is C33H47ClN4O2. The summed E-state index contributed by atoms with van der Waals surface area (Å²) < 4.78 is 5.61. The fourth-order valence-electron chi connectivity index (χ4n) is 5.52. The average molecular weight is 567 g/mol. The number of amidine groups is 1. The van der Waals surface area contributed by atoms with Crippen molar-refractivity contribution in [2.45, 2.75) is 90.4 Å². The summed E-state index contributed by atoms with van der Waals surface area (Å²) in [7, 11) is 0. The molecule has 1 N–H and O–H groups in total. The highest BCUT2D eigenvalue weighted by molar-refractivity contribution is 6.31. The molecule has 0 unspecified atom stereocenters. The van der Waals surface area contributed by atoms with Crippen LogP contribution in [-0.4, -0.2) is 54.5 Å². The van der Waals surface area contributed by atoms with Gasteiger partial charge in [0.1, 0.15) is 5.84 Å². The van der Waals surface area contributed by atoms with Crippen molar-refractivity contribution >= 4 is 40.6 Å². The molecule has 7 heteroatoms. The molecule has 0 radical (unpaired) electrons. The first-order valence-corrected chi connectivity index (χ1v) is 15.9. The third kappa shape index (κ3) is 9.15. The second kappa shape index (κ2) is 16.5. The minimum absolute atomic E-state index is 0.194. The Bertz CT molecular complexity index is 1100. The third-order valence-corrected chi connectivity index (χ3v) is 8.17. The van der Waals surface area contributed by atoms with Gasteiger partial charge in [-0.15, -0.1) is 0 Å². The number of benzene rings is 2. The first-order valence-electron chi connectivity index (χ1n) is 15.6. The summed E-state index contributed by atoms with van der Waals surface area (Å²) >= 11 is 6.28. The second-order valence-corrected chi connectivity index (χ2v) is 11.5. The fraction of sp³-hybridized carbons (Fsp3) is 0.576. The molecule has 2 aromatic rings. The summed E-state index contributed by atoms with van der Waals surface area (Å²) in [5, 5.41) is 4.16. The van der Waals surface area contributed by atoms with Crippen molar-refractivity contribution in [2.75, 3.05) is 38.1 Å². The van der Waals surface area contributed by atoms with Crippen LogP contribution in [0, 0.1) is 0 Å². The fourth-order valence-corrected chi connectivity index (χ4v) is 5.69. The Morgan fingerprint density at radius 2 is 1.45 bits per heavy atom. The number of nitrogens with one attached hydrogen (secondary N) is 1. The lowest BCUT2D eigenvalue weighted by Crippen LogP contribution is -2.51. The molecule has 0 saturated carbocycles. The molecule has 0 bridgehead atoms. The highest BCUT2D eigenvalue weighted by Crippen LogP contribution is 2.36. The number of piperazine rings is 1. The summed E-state index contributed by atoms with van der Waals surface area (Å²) in [5.41, 5.74) is 3.82. The first kappa shape index (κ1) is 30.2. The van der Waals surface area contributed by atoms with Crippen molar-refractivity contribution in [3.63, 3.8) is 0 Å². The molecule has 2 heterocycles. The zero-order valence-corrected chi connectivity index (χ0v) is 25.1. The molecule has 0 atom stereocenters. The van der Waals surface area contributed by atoms with Gasteiger partial charge in [0.15, 0.2) is 0 Å². The van der Waals surface area contributed by atoms with Gasteiger partial charge < -0.3 is 19.9 Å². The zero-order chi connectivity index (χ0) is 28.0. The highest BCUT2D eigenvalue weighted by atomic mass is 35.5. The van der Waals surface area contributed by atoms with Crippen LogP contribution in [0.4, 0.5) is 21.9 Å². The summed E-state index contributed by atoms with van der Waals surface area (Å²) in [6, 6.07) is 13.9. The Kier molecular flexibility index (Phi) is 12.5. The average Bonchev–Trinajstić information content (AvgIpc) is 3.14. The van der Waals surface area contributed by atoms with Crippen LogP contribution in [-0.2, 0) is 4.74 Å². The number of rotatable bonds is 14. The van der Waals surface area contributed by atoms with Crippen LogP contribution in [0.5, 0.6) is 0 Å². The number of unbranched alkanes of at least 4 members (excludes halogenated alkanes) is 12. The van der Waals surface area contributed by atoms with Gasteiger partial charge in [-0.05, 0) is 36.8 Å². The Hall–Kier alpha value is -2.73. The maximum Gasteiger partial charge on any atom is 0.409 e. The quantitative estimate of drug-likeness (QED) is 0.231. The highest BCUT2D eigenvalue weighted by Gasteiger charge is 2.27. The van der Waals surface area contributed by atoms with E-state index in [0.717, 1.165) is 41.3 Å². The summed E-state index contributed by atoms with van der Waals surface area (Å²) in [6.07, 6.45) is 16.9. The van der Waals surface area contributed by atoms with Crippen LogP contribution in [0.3, 0.4) is 0 Å². The number of anilines is 2. The molecule has 2 aliphatic rings. The molecule has 0 spiro atoms. The Morgan fingerprint density at radius 3 is 2.12 bits per heavy atom. The van der Waals surface area contributed by atoms with Gasteiger partial charge in [0.2, 0.25) is 0 Å². The Balaban J connectivity index is 1.13. The van der Waals surface area contributed by atoms with E-state index >= 15 is 0 Å². The van der Waals surface area contributed by atoms with Crippen LogP contribution < -0.4 is 5.32 Å². The lowest BCUT2D eigenvalue weighted by Gasteiger charge is -2.36.